The average Bonchev–Trinajstić information content (AvgIpc) is 2.90. The Balaban J connectivity index is 1.79. The fourth-order valence-electron chi connectivity index (χ4n) is 3.84. The van der Waals surface area contributed by atoms with E-state index in [1.807, 2.05) is 20.8 Å². The van der Waals surface area contributed by atoms with Crippen molar-refractivity contribution in [2.45, 2.75) is 63.6 Å². The lowest BCUT2D eigenvalue weighted by molar-refractivity contribution is -0.0980. The van der Waals surface area contributed by atoms with Crippen LogP contribution in [0.1, 0.15) is 39.2 Å². The molecule has 5 heteroatoms. The molecule has 2 bridgehead atoms. The van der Waals surface area contributed by atoms with Crippen molar-refractivity contribution >= 4 is 0 Å². The third kappa shape index (κ3) is 2.18. The van der Waals surface area contributed by atoms with E-state index in [0.717, 1.165) is 12.8 Å². The molecule has 2 saturated heterocycles. The van der Waals surface area contributed by atoms with Crippen molar-refractivity contribution in [1.82, 2.24) is 0 Å². The van der Waals surface area contributed by atoms with Gasteiger partial charge < -0.3 is 14.6 Å². The number of aliphatic hydroxyl groups is 1. The van der Waals surface area contributed by atoms with Gasteiger partial charge in [0.05, 0.1) is 17.8 Å². The number of benzene rings is 1. The van der Waals surface area contributed by atoms with E-state index in [2.05, 4.69) is 0 Å². The van der Waals surface area contributed by atoms with Gasteiger partial charge in [0.2, 0.25) is 0 Å². The van der Waals surface area contributed by atoms with Crippen LogP contribution in [0.4, 0.5) is 8.78 Å². The smallest absolute Gasteiger partial charge is 0.131 e. The van der Waals surface area contributed by atoms with Gasteiger partial charge in [-0.25, -0.2) is 8.78 Å². The Morgan fingerprint density at radius 1 is 1.32 bits per heavy atom. The Bertz CT molecular complexity index is 557. The number of hydrogen-bond donors (Lipinski definition) is 1. The molecule has 1 N–H and O–H groups in total. The van der Waals surface area contributed by atoms with Crippen LogP contribution in [-0.4, -0.2) is 28.5 Å². The minimum absolute atomic E-state index is 0.111. The molecule has 0 unspecified atom stereocenters. The fraction of sp³-hybridized carbons (Fsp3) is 0.647. The molecule has 2 fully saturated rings. The molecule has 3 rings (SSSR count). The van der Waals surface area contributed by atoms with Crippen molar-refractivity contribution in [3.8, 4) is 0 Å². The van der Waals surface area contributed by atoms with Crippen LogP contribution in [0.3, 0.4) is 0 Å². The van der Waals surface area contributed by atoms with Gasteiger partial charge in [0.1, 0.15) is 23.8 Å². The lowest BCUT2D eigenvalue weighted by Gasteiger charge is -2.36. The highest BCUT2D eigenvalue weighted by atomic mass is 19.1. The molecule has 3 nitrogen and oxygen atoms in total. The number of aliphatic hydroxyl groups excluding tert-OH is 1. The number of halogens is 2. The molecule has 0 aliphatic carbocycles. The highest BCUT2D eigenvalue weighted by molar-refractivity contribution is 5.20. The van der Waals surface area contributed by atoms with Gasteiger partial charge in [-0.1, -0.05) is 19.9 Å². The van der Waals surface area contributed by atoms with Crippen molar-refractivity contribution in [3.63, 3.8) is 0 Å². The highest BCUT2D eigenvalue weighted by Crippen LogP contribution is 2.55. The van der Waals surface area contributed by atoms with Crippen LogP contribution < -0.4 is 0 Å². The minimum Gasteiger partial charge on any atom is -0.387 e. The van der Waals surface area contributed by atoms with Gasteiger partial charge in [0.25, 0.3) is 0 Å². The monoisotopic (exact) mass is 312 g/mol. The molecule has 22 heavy (non-hydrogen) atoms. The maximum absolute atomic E-state index is 13.7. The Labute approximate surface area is 129 Å². The summed E-state index contributed by atoms with van der Waals surface area (Å²) in [5.41, 5.74) is -1.34. The zero-order valence-electron chi connectivity index (χ0n) is 13.1. The molecule has 0 amide bonds. The average molecular weight is 312 g/mol. The molecule has 0 spiro atoms. The number of ether oxygens (including phenoxy) is 2. The van der Waals surface area contributed by atoms with E-state index in [4.69, 9.17) is 9.47 Å². The summed E-state index contributed by atoms with van der Waals surface area (Å²) < 4.78 is 39.2. The van der Waals surface area contributed by atoms with Crippen molar-refractivity contribution in [3.05, 3.63) is 35.4 Å². The molecular formula is C17H22F2O3. The van der Waals surface area contributed by atoms with E-state index < -0.39 is 35.0 Å². The second-order valence-electron chi connectivity index (χ2n) is 6.90. The summed E-state index contributed by atoms with van der Waals surface area (Å²) in [7, 11) is 0. The number of hydrogen-bond acceptors (Lipinski definition) is 3. The predicted octanol–water partition coefficient (Wildman–Crippen LogP) is 3.19. The molecule has 4 atom stereocenters. The molecule has 2 heterocycles. The summed E-state index contributed by atoms with van der Waals surface area (Å²) in [4.78, 5) is 0. The quantitative estimate of drug-likeness (QED) is 0.928. The van der Waals surface area contributed by atoms with E-state index in [1.54, 1.807) is 0 Å². The Hall–Kier alpha value is -1.04. The van der Waals surface area contributed by atoms with Crippen LogP contribution in [0, 0.1) is 17.6 Å². The first-order valence-corrected chi connectivity index (χ1v) is 7.73. The summed E-state index contributed by atoms with van der Waals surface area (Å²) in [6.45, 7) is 5.70. The van der Waals surface area contributed by atoms with Gasteiger partial charge in [-0.3, -0.25) is 0 Å². The standard InChI is InChI=1S/C17H22F2O3/c1-10(2)17-8-7-16(3,22-17)15(14(17)20)21-9-11-12(18)5-4-6-13(11)19/h4-6,10,14-15,20H,7-9H2,1-3H3/t14-,15-,16+,17+/m1/s1. The second-order valence-corrected chi connectivity index (χ2v) is 6.90. The zero-order chi connectivity index (χ0) is 16.1. The van der Waals surface area contributed by atoms with Crippen molar-refractivity contribution in [2.24, 2.45) is 5.92 Å². The first kappa shape index (κ1) is 15.8. The Morgan fingerprint density at radius 3 is 2.50 bits per heavy atom. The molecule has 2 aliphatic rings. The summed E-state index contributed by atoms with van der Waals surface area (Å²) in [6.07, 6.45) is 0.173. The highest BCUT2D eigenvalue weighted by Gasteiger charge is 2.66. The van der Waals surface area contributed by atoms with Gasteiger partial charge in [0.15, 0.2) is 0 Å². The van der Waals surface area contributed by atoms with Crippen LogP contribution in [0.25, 0.3) is 0 Å². The summed E-state index contributed by atoms with van der Waals surface area (Å²) >= 11 is 0. The molecule has 0 radical (unpaired) electrons. The minimum atomic E-state index is -0.791. The van der Waals surface area contributed by atoms with Gasteiger partial charge in [0, 0.05) is 5.56 Å². The summed E-state index contributed by atoms with van der Waals surface area (Å²) in [5.74, 6) is -1.13. The molecule has 0 aromatic heterocycles. The first-order chi connectivity index (χ1) is 10.3. The van der Waals surface area contributed by atoms with E-state index in [-0.39, 0.29) is 18.1 Å². The Kier molecular flexibility index (Phi) is 3.78. The van der Waals surface area contributed by atoms with E-state index in [1.165, 1.54) is 18.2 Å². The molecule has 1 aromatic carbocycles. The summed E-state index contributed by atoms with van der Waals surface area (Å²) in [5, 5.41) is 10.6. The molecular weight excluding hydrogens is 290 g/mol. The maximum atomic E-state index is 13.7. The van der Waals surface area contributed by atoms with Gasteiger partial charge >= 0.3 is 0 Å². The van der Waals surface area contributed by atoms with E-state index >= 15 is 0 Å². The van der Waals surface area contributed by atoms with Gasteiger partial charge in [-0.2, -0.15) is 0 Å². The third-order valence-electron chi connectivity index (χ3n) is 5.27. The van der Waals surface area contributed by atoms with Crippen molar-refractivity contribution in [1.29, 1.82) is 0 Å². The summed E-state index contributed by atoms with van der Waals surface area (Å²) in [6, 6.07) is 3.72. The van der Waals surface area contributed by atoms with Crippen molar-refractivity contribution < 1.29 is 23.4 Å². The number of rotatable bonds is 4. The van der Waals surface area contributed by atoms with Crippen LogP contribution in [-0.2, 0) is 16.1 Å². The topological polar surface area (TPSA) is 38.7 Å². The fourth-order valence-corrected chi connectivity index (χ4v) is 3.84. The molecule has 0 saturated carbocycles. The SMILES string of the molecule is CC(C)[C@]12CC[C@](C)(O1)[C@H](OCc1c(F)cccc1F)[C@H]2O. The lowest BCUT2D eigenvalue weighted by Crippen LogP contribution is -2.51. The number of fused-ring (bicyclic) bond motifs is 2. The van der Waals surface area contributed by atoms with Gasteiger partial charge in [-0.05, 0) is 37.8 Å². The third-order valence-corrected chi connectivity index (χ3v) is 5.27. The predicted molar refractivity (Wildman–Crippen MR) is 77.2 cm³/mol. The van der Waals surface area contributed by atoms with Crippen LogP contribution in [0.2, 0.25) is 0 Å². The second kappa shape index (κ2) is 5.25. The van der Waals surface area contributed by atoms with Crippen LogP contribution in [0.15, 0.2) is 18.2 Å². The molecule has 1 aromatic rings. The Morgan fingerprint density at radius 2 is 1.95 bits per heavy atom. The van der Waals surface area contributed by atoms with Gasteiger partial charge in [-0.15, -0.1) is 0 Å². The van der Waals surface area contributed by atoms with E-state index in [9.17, 15) is 13.9 Å². The molecule has 122 valence electrons. The normalized spacial score (nSPS) is 37.2. The van der Waals surface area contributed by atoms with Crippen LogP contribution >= 0.6 is 0 Å². The van der Waals surface area contributed by atoms with Crippen LogP contribution in [0.5, 0.6) is 0 Å². The van der Waals surface area contributed by atoms with Crippen molar-refractivity contribution in [2.75, 3.05) is 0 Å². The van der Waals surface area contributed by atoms with E-state index in [0.29, 0.717) is 0 Å². The zero-order valence-corrected chi connectivity index (χ0v) is 13.1. The first-order valence-electron chi connectivity index (χ1n) is 7.73. The maximum Gasteiger partial charge on any atom is 0.131 e. The molecule has 2 aliphatic heterocycles. The largest absolute Gasteiger partial charge is 0.387 e. The lowest BCUT2D eigenvalue weighted by atomic mass is 9.73.